The van der Waals surface area contributed by atoms with Gasteiger partial charge in [-0.15, -0.1) is 0 Å². The van der Waals surface area contributed by atoms with Crippen LogP contribution in [-0.4, -0.2) is 19.5 Å². The number of nitrogens with zero attached hydrogens (tertiary/aromatic N) is 3. The van der Waals surface area contributed by atoms with Crippen LogP contribution in [0.3, 0.4) is 0 Å². The second-order valence-electron chi connectivity index (χ2n) is 6.91. The number of fused-ring (bicyclic) bond motifs is 1. The first-order chi connectivity index (χ1) is 13.4. The van der Waals surface area contributed by atoms with Gasteiger partial charge in [0.25, 0.3) is 0 Å². The third-order valence-electron chi connectivity index (χ3n) is 4.70. The zero-order valence-corrected chi connectivity index (χ0v) is 17.5. The lowest BCUT2D eigenvalue weighted by Crippen LogP contribution is -2.02. The van der Waals surface area contributed by atoms with E-state index < -0.39 is 0 Å². The van der Waals surface area contributed by atoms with E-state index in [1.54, 1.807) is 0 Å². The maximum Gasteiger partial charge on any atom is 0.134 e. The molecular weight excluding hydrogens is 368 g/mol. The minimum Gasteiger partial charge on any atom is -0.343 e. The molecule has 0 spiro atoms. The van der Waals surface area contributed by atoms with Crippen LogP contribution in [0.1, 0.15) is 35.4 Å². The number of rotatable bonds is 6. The molecule has 0 saturated heterocycles. The number of benzene rings is 1. The van der Waals surface area contributed by atoms with Crippen molar-refractivity contribution in [2.75, 3.05) is 0 Å². The number of nitrogens with one attached hydrogen (secondary N) is 1. The van der Waals surface area contributed by atoms with Gasteiger partial charge in [-0.3, -0.25) is 0 Å². The van der Waals surface area contributed by atoms with Crippen molar-refractivity contribution >= 4 is 34.8 Å². The summed E-state index contributed by atoms with van der Waals surface area (Å²) in [7, 11) is 0. The Morgan fingerprint density at radius 1 is 1.18 bits per heavy atom. The van der Waals surface area contributed by atoms with Crippen LogP contribution < -0.4 is 0 Å². The molecule has 1 N–H and O–H groups in total. The Morgan fingerprint density at radius 2 is 1.93 bits per heavy atom. The Kier molecular flexibility index (Phi) is 6.00. The number of aromatic amines is 1. The first-order valence-electron chi connectivity index (χ1n) is 9.22. The number of allylic oxidation sites excluding steroid dienone is 5. The third-order valence-corrected chi connectivity index (χ3v) is 4.82. The molecular formula is C23H25ClN4. The Hall–Kier alpha value is -2.85. The van der Waals surface area contributed by atoms with Gasteiger partial charge in [0.1, 0.15) is 11.6 Å². The van der Waals surface area contributed by atoms with Crippen molar-refractivity contribution in [3.63, 3.8) is 0 Å². The number of hydrogen-bond donors (Lipinski definition) is 1. The first-order valence-corrected chi connectivity index (χ1v) is 9.60. The summed E-state index contributed by atoms with van der Waals surface area (Å²) >= 11 is 5.90. The molecule has 3 aromatic rings. The molecule has 2 aromatic heterocycles. The Bertz CT molecular complexity index is 1110. The van der Waals surface area contributed by atoms with Crippen LogP contribution in [0.2, 0.25) is 0 Å². The number of halogens is 1. The normalized spacial score (nSPS) is 12.7. The van der Waals surface area contributed by atoms with Gasteiger partial charge in [0.2, 0.25) is 0 Å². The second kappa shape index (κ2) is 8.44. The molecule has 0 saturated carbocycles. The number of imidazole rings is 2. The minimum absolute atomic E-state index is 0.509. The number of H-pyrrole nitrogens is 1. The Labute approximate surface area is 171 Å². The molecule has 0 aliphatic carbocycles. The smallest absolute Gasteiger partial charge is 0.134 e. The fourth-order valence-electron chi connectivity index (χ4n) is 2.98. The maximum absolute atomic E-state index is 5.90. The highest BCUT2D eigenvalue weighted by molar-refractivity contribution is 6.30. The summed E-state index contributed by atoms with van der Waals surface area (Å²) in [6, 6.07) is 4.34. The van der Waals surface area contributed by atoms with Gasteiger partial charge in [0.15, 0.2) is 0 Å². The zero-order valence-electron chi connectivity index (χ0n) is 16.8. The standard InChI is InChI=1S/C23H25ClN4/c1-6-19(8-7-17(4)24)14-28-21-12-16(3)15(2)11-20(21)27-23(28)10-9-22-25-13-18(5)26-22/h6-13H,4,14H2,1-3,5H3,(H,25,26)/b8-7-,10-9+,19-6+. The van der Waals surface area contributed by atoms with E-state index in [-0.39, 0.29) is 0 Å². The molecule has 0 amide bonds. The summed E-state index contributed by atoms with van der Waals surface area (Å²) < 4.78 is 2.21. The van der Waals surface area contributed by atoms with Crippen LogP contribution >= 0.6 is 11.6 Å². The van der Waals surface area contributed by atoms with Crippen LogP contribution in [0.5, 0.6) is 0 Å². The quantitative estimate of drug-likeness (QED) is 0.514. The summed E-state index contributed by atoms with van der Waals surface area (Å²) in [4.78, 5) is 12.4. The summed E-state index contributed by atoms with van der Waals surface area (Å²) in [6.07, 6.45) is 11.7. The van der Waals surface area contributed by atoms with Gasteiger partial charge in [-0.25, -0.2) is 9.97 Å². The second-order valence-corrected chi connectivity index (χ2v) is 7.40. The SMILES string of the molecule is C=C(Cl)/C=C\C(=C/C)Cn1c(/C=C/c2ncc(C)[nH]2)nc2cc(C)c(C)cc21. The molecule has 1 aromatic carbocycles. The predicted octanol–water partition coefficient (Wildman–Crippen LogP) is 6.11. The molecule has 28 heavy (non-hydrogen) atoms. The molecule has 0 aliphatic heterocycles. The van der Waals surface area contributed by atoms with Gasteiger partial charge < -0.3 is 9.55 Å². The molecule has 0 radical (unpaired) electrons. The van der Waals surface area contributed by atoms with Crippen molar-refractivity contribution in [2.24, 2.45) is 0 Å². The number of aromatic nitrogens is 4. The van der Waals surface area contributed by atoms with Crippen molar-refractivity contribution in [3.8, 4) is 0 Å². The van der Waals surface area contributed by atoms with Crippen LogP contribution in [0, 0.1) is 20.8 Å². The van der Waals surface area contributed by atoms with E-state index in [0.29, 0.717) is 11.6 Å². The van der Waals surface area contributed by atoms with Crippen LogP contribution in [0.15, 0.2) is 53.7 Å². The molecule has 0 bridgehead atoms. The lowest BCUT2D eigenvalue weighted by molar-refractivity contribution is 0.811. The highest BCUT2D eigenvalue weighted by Gasteiger charge is 2.11. The Balaban J connectivity index is 2.07. The fourth-order valence-corrected chi connectivity index (χ4v) is 3.05. The molecule has 5 heteroatoms. The van der Waals surface area contributed by atoms with E-state index >= 15 is 0 Å². The highest BCUT2D eigenvalue weighted by atomic mass is 35.5. The molecule has 3 rings (SSSR count). The molecule has 0 unspecified atom stereocenters. The lowest BCUT2D eigenvalue weighted by atomic mass is 10.1. The summed E-state index contributed by atoms with van der Waals surface area (Å²) in [5, 5.41) is 0.509. The molecule has 144 valence electrons. The topological polar surface area (TPSA) is 46.5 Å². The van der Waals surface area contributed by atoms with E-state index in [0.717, 1.165) is 33.9 Å². The maximum atomic E-state index is 5.90. The van der Waals surface area contributed by atoms with Crippen molar-refractivity contribution in [2.45, 2.75) is 34.2 Å². The molecule has 0 fully saturated rings. The van der Waals surface area contributed by atoms with E-state index in [1.807, 2.05) is 44.3 Å². The highest BCUT2D eigenvalue weighted by Crippen LogP contribution is 2.23. The van der Waals surface area contributed by atoms with Gasteiger partial charge in [-0.05, 0) is 74.8 Å². The predicted molar refractivity (Wildman–Crippen MR) is 119 cm³/mol. The van der Waals surface area contributed by atoms with Gasteiger partial charge in [0.05, 0.1) is 11.0 Å². The minimum atomic E-state index is 0.509. The molecule has 0 aliphatic rings. The van der Waals surface area contributed by atoms with E-state index in [1.165, 1.54) is 11.1 Å². The van der Waals surface area contributed by atoms with Crippen molar-refractivity contribution in [1.82, 2.24) is 19.5 Å². The van der Waals surface area contributed by atoms with E-state index in [9.17, 15) is 0 Å². The average Bonchev–Trinajstić information content (AvgIpc) is 3.20. The Morgan fingerprint density at radius 3 is 2.57 bits per heavy atom. The van der Waals surface area contributed by atoms with Crippen molar-refractivity contribution < 1.29 is 0 Å². The fraction of sp³-hybridized carbons (Fsp3) is 0.217. The zero-order chi connectivity index (χ0) is 20.3. The van der Waals surface area contributed by atoms with Crippen molar-refractivity contribution in [1.29, 1.82) is 0 Å². The third kappa shape index (κ3) is 4.52. The van der Waals surface area contributed by atoms with Crippen LogP contribution in [0.25, 0.3) is 23.2 Å². The molecule has 2 heterocycles. The van der Waals surface area contributed by atoms with Crippen LogP contribution in [0.4, 0.5) is 0 Å². The first kappa shape index (κ1) is 19.9. The lowest BCUT2D eigenvalue weighted by Gasteiger charge is -2.09. The summed E-state index contributed by atoms with van der Waals surface area (Å²) in [5.74, 6) is 1.69. The van der Waals surface area contributed by atoms with E-state index in [2.05, 4.69) is 53.2 Å². The number of hydrogen-bond acceptors (Lipinski definition) is 2. The van der Waals surface area contributed by atoms with Gasteiger partial charge in [0, 0.05) is 23.5 Å². The summed E-state index contributed by atoms with van der Waals surface area (Å²) in [6.45, 7) is 12.7. The van der Waals surface area contributed by atoms with E-state index in [4.69, 9.17) is 16.6 Å². The summed E-state index contributed by atoms with van der Waals surface area (Å²) in [5.41, 5.74) is 6.73. The van der Waals surface area contributed by atoms with Crippen molar-refractivity contribution in [3.05, 3.63) is 82.2 Å². The van der Waals surface area contributed by atoms with Gasteiger partial charge in [-0.2, -0.15) is 0 Å². The van der Waals surface area contributed by atoms with Crippen LogP contribution in [-0.2, 0) is 6.54 Å². The molecule has 0 atom stereocenters. The monoisotopic (exact) mass is 392 g/mol. The van der Waals surface area contributed by atoms with Gasteiger partial charge >= 0.3 is 0 Å². The number of aryl methyl sites for hydroxylation is 3. The largest absolute Gasteiger partial charge is 0.343 e. The average molecular weight is 393 g/mol. The molecule has 4 nitrogen and oxygen atoms in total. The van der Waals surface area contributed by atoms with Gasteiger partial charge in [-0.1, -0.05) is 30.3 Å².